The molecule has 0 atom stereocenters. The monoisotopic (exact) mass is 353 g/mol. The summed E-state index contributed by atoms with van der Waals surface area (Å²) in [6.45, 7) is 4.01. The first kappa shape index (κ1) is 18.2. The molecule has 0 bridgehead atoms. The Bertz CT molecular complexity index is 705. The fourth-order valence-corrected chi connectivity index (χ4v) is 3.16. The van der Waals surface area contributed by atoms with Crippen molar-refractivity contribution < 1.29 is 9.53 Å². The molecule has 1 fully saturated rings. The summed E-state index contributed by atoms with van der Waals surface area (Å²) in [4.78, 5) is 16.6. The molecule has 1 heterocycles. The van der Waals surface area contributed by atoms with Gasteiger partial charge < -0.3 is 15.4 Å². The van der Waals surface area contributed by atoms with Crippen molar-refractivity contribution in [2.75, 3.05) is 5.32 Å². The van der Waals surface area contributed by atoms with Crippen LogP contribution in [0.15, 0.2) is 42.6 Å². The molecule has 138 valence electrons. The third kappa shape index (κ3) is 5.22. The van der Waals surface area contributed by atoms with Gasteiger partial charge in [0.05, 0.1) is 18.0 Å². The maximum atomic E-state index is 12.3. The van der Waals surface area contributed by atoms with Crippen molar-refractivity contribution in [3.8, 4) is 5.75 Å². The van der Waals surface area contributed by atoms with Crippen molar-refractivity contribution in [2.24, 2.45) is 0 Å². The van der Waals surface area contributed by atoms with Gasteiger partial charge in [0.1, 0.15) is 11.4 Å². The van der Waals surface area contributed by atoms with E-state index in [-0.39, 0.29) is 12.0 Å². The molecule has 1 aromatic heterocycles. The summed E-state index contributed by atoms with van der Waals surface area (Å²) in [6.07, 6.45) is 7.66. The number of amides is 1. The topological polar surface area (TPSA) is 63.2 Å². The Balaban J connectivity index is 1.56. The van der Waals surface area contributed by atoms with Crippen LogP contribution in [0.3, 0.4) is 0 Å². The Morgan fingerprint density at radius 3 is 2.35 bits per heavy atom. The second kappa shape index (κ2) is 8.70. The average molecular weight is 353 g/mol. The number of carbonyl (C=O) groups is 1. The van der Waals surface area contributed by atoms with E-state index < -0.39 is 0 Å². The molecule has 5 heteroatoms. The number of carbonyl (C=O) groups excluding carboxylic acids is 1. The van der Waals surface area contributed by atoms with E-state index >= 15 is 0 Å². The van der Waals surface area contributed by atoms with Gasteiger partial charge in [-0.2, -0.15) is 0 Å². The quantitative estimate of drug-likeness (QED) is 0.792. The average Bonchev–Trinajstić information content (AvgIpc) is 2.64. The molecule has 0 aliphatic heterocycles. The molecule has 0 radical (unpaired) electrons. The Labute approximate surface area is 155 Å². The van der Waals surface area contributed by atoms with Crippen LogP contribution in [-0.2, 0) is 0 Å². The highest BCUT2D eigenvalue weighted by Gasteiger charge is 2.17. The molecule has 2 aromatic rings. The summed E-state index contributed by atoms with van der Waals surface area (Å²) in [5.41, 5.74) is 2.25. The van der Waals surface area contributed by atoms with Gasteiger partial charge in [0.2, 0.25) is 0 Å². The largest absolute Gasteiger partial charge is 0.491 e. The van der Waals surface area contributed by atoms with Gasteiger partial charge in [-0.3, -0.25) is 4.79 Å². The van der Waals surface area contributed by atoms with E-state index in [0.717, 1.165) is 30.0 Å². The van der Waals surface area contributed by atoms with E-state index in [9.17, 15) is 4.79 Å². The molecule has 1 aliphatic rings. The van der Waals surface area contributed by atoms with Crippen LogP contribution in [0.4, 0.5) is 11.4 Å². The molecule has 5 nitrogen and oxygen atoms in total. The molecule has 1 amide bonds. The number of ether oxygens (including phenoxy) is 1. The molecule has 1 saturated carbocycles. The number of rotatable bonds is 6. The first-order valence-corrected chi connectivity index (χ1v) is 9.41. The van der Waals surface area contributed by atoms with Gasteiger partial charge in [0.25, 0.3) is 5.91 Å². The van der Waals surface area contributed by atoms with Gasteiger partial charge in [0, 0.05) is 11.7 Å². The molecule has 0 spiro atoms. The highest BCUT2D eigenvalue weighted by Crippen LogP contribution is 2.21. The number of benzene rings is 1. The zero-order valence-corrected chi connectivity index (χ0v) is 15.5. The van der Waals surface area contributed by atoms with E-state index in [1.54, 1.807) is 12.3 Å². The molecule has 3 rings (SSSR count). The van der Waals surface area contributed by atoms with Gasteiger partial charge in [-0.1, -0.05) is 19.3 Å². The number of aromatic nitrogens is 1. The summed E-state index contributed by atoms with van der Waals surface area (Å²) < 4.78 is 5.64. The zero-order chi connectivity index (χ0) is 18.4. The normalized spacial score (nSPS) is 14.9. The Kier molecular flexibility index (Phi) is 6.10. The van der Waals surface area contributed by atoms with Crippen LogP contribution >= 0.6 is 0 Å². The van der Waals surface area contributed by atoms with Gasteiger partial charge in [-0.25, -0.2) is 4.98 Å². The molecular weight excluding hydrogens is 326 g/mol. The fourth-order valence-electron chi connectivity index (χ4n) is 3.16. The van der Waals surface area contributed by atoms with Crippen molar-refractivity contribution in [3.05, 3.63) is 48.3 Å². The van der Waals surface area contributed by atoms with Gasteiger partial charge in [-0.05, 0) is 63.1 Å². The van der Waals surface area contributed by atoms with Crippen LogP contribution in [0, 0.1) is 0 Å². The summed E-state index contributed by atoms with van der Waals surface area (Å²) >= 11 is 0. The third-order valence-corrected chi connectivity index (χ3v) is 4.45. The van der Waals surface area contributed by atoms with Gasteiger partial charge >= 0.3 is 0 Å². The molecule has 0 saturated heterocycles. The van der Waals surface area contributed by atoms with Crippen molar-refractivity contribution in [1.29, 1.82) is 0 Å². The lowest BCUT2D eigenvalue weighted by Crippen LogP contribution is -2.36. The Hall–Kier alpha value is -2.56. The summed E-state index contributed by atoms with van der Waals surface area (Å²) in [5, 5.41) is 6.37. The van der Waals surface area contributed by atoms with E-state index in [0.29, 0.717) is 11.7 Å². The highest BCUT2D eigenvalue weighted by molar-refractivity contribution is 5.92. The Morgan fingerprint density at radius 2 is 1.73 bits per heavy atom. The lowest BCUT2D eigenvalue weighted by atomic mass is 9.95. The predicted molar refractivity (Wildman–Crippen MR) is 104 cm³/mol. The maximum absolute atomic E-state index is 12.3. The van der Waals surface area contributed by atoms with Crippen LogP contribution in [0.25, 0.3) is 0 Å². The van der Waals surface area contributed by atoms with E-state index in [2.05, 4.69) is 15.6 Å². The van der Waals surface area contributed by atoms with Crippen LogP contribution in [0.1, 0.15) is 56.4 Å². The lowest BCUT2D eigenvalue weighted by Gasteiger charge is -2.22. The van der Waals surface area contributed by atoms with Crippen LogP contribution < -0.4 is 15.4 Å². The fraction of sp³-hybridized carbons (Fsp3) is 0.429. The second-order valence-electron chi connectivity index (χ2n) is 7.06. The standard InChI is InChI=1S/C21H27N3O2/c1-15(2)26-19-11-8-17(9-12-19)23-18-10-13-20(22-14-18)21(25)24-16-6-4-3-5-7-16/h8-16,23H,3-7H2,1-2H3,(H,24,25). The SMILES string of the molecule is CC(C)Oc1ccc(Nc2ccc(C(=O)NC3CCCCC3)nc2)cc1. The van der Waals surface area contributed by atoms with Crippen molar-refractivity contribution in [1.82, 2.24) is 10.3 Å². The number of hydrogen-bond acceptors (Lipinski definition) is 4. The maximum Gasteiger partial charge on any atom is 0.270 e. The minimum atomic E-state index is -0.0846. The minimum absolute atomic E-state index is 0.0846. The van der Waals surface area contributed by atoms with Crippen LogP contribution in [0.5, 0.6) is 5.75 Å². The van der Waals surface area contributed by atoms with Crippen molar-refractivity contribution in [2.45, 2.75) is 58.1 Å². The zero-order valence-electron chi connectivity index (χ0n) is 15.5. The smallest absolute Gasteiger partial charge is 0.270 e. The first-order chi connectivity index (χ1) is 12.6. The third-order valence-electron chi connectivity index (χ3n) is 4.45. The van der Waals surface area contributed by atoms with E-state index in [4.69, 9.17) is 4.74 Å². The Morgan fingerprint density at radius 1 is 1.04 bits per heavy atom. The molecular formula is C21H27N3O2. The molecule has 2 N–H and O–H groups in total. The summed E-state index contributed by atoms with van der Waals surface area (Å²) in [5.74, 6) is 0.761. The summed E-state index contributed by atoms with van der Waals surface area (Å²) in [7, 11) is 0. The molecule has 1 aliphatic carbocycles. The van der Waals surface area contributed by atoms with E-state index in [1.165, 1.54) is 19.3 Å². The van der Waals surface area contributed by atoms with Gasteiger partial charge in [-0.15, -0.1) is 0 Å². The number of pyridine rings is 1. The van der Waals surface area contributed by atoms with Crippen molar-refractivity contribution >= 4 is 17.3 Å². The number of nitrogens with one attached hydrogen (secondary N) is 2. The predicted octanol–water partition coefficient (Wildman–Crippen LogP) is 4.67. The molecule has 0 unspecified atom stereocenters. The number of nitrogens with zero attached hydrogens (tertiary/aromatic N) is 1. The van der Waals surface area contributed by atoms with Gasteiger partial charge in [0.15, 0.2) is 0 Å². The number of anilines is 2. The molecule has 26 heavy (non-hydrogen) atoms. The summed E-state index contributed by atoms with van der Waals surface area (Å²) in [6, 6.07) is 11.7. The highest BCUT2D eigenvalue weighted by atomic mass is 16.5. The lowest BCUT2D eigenvalue weighted by molar-refractivity contribution is 0.0922. The van der Waals surface area contributed by atoms with Crippen molar-refractivity contribution in [3.63, 3.8) is 0 Å². The second-order valence-corrected chi connectivity index (χ2v) is 7.06. The van der Waals surface area contributed by atoms with Crippen LogP contribution in [-0.4, -0.2) is 23.0 Å². The minimum Gasteiger partial charge on any atom is -0.491 e. The van der Waals surface area contributed by atoms with Crippen LogP contribution in [0.2, 0.25) is 0 Å². The van der Waals surface area contributed by atoms with E-state index in [1.807, 2.05) is 44.2 Å². The molecule has 1 aromatic carbocycles. The first-order valence-electron chi connectivity index (χ1n) is 9.41. The number of hydrogen-bond donors (Lipinski definition) is 2.